The molecule has 4 aromatic rings. The molecule has 0 N–H and O–H groups in total. The molecule has 0 amide bonds. The van der Waals surface area contributed by atoms with Crippen LogP contribution < -0.4 is 0 Å². The van der Waals surface area contributed by atoms with Crippen molar-refractivity contribution in [3.63, 3.8) is 0 Å². The van der Waals surface area contributed by atoms with Crippen molar-refractivity contribution >= 4 is 5.52 Å². The second-order valence-corrected chi connectivity index (χ2v) is 8.05. The lowest BCUT2D eigenvalue weighted by molar-refractivity contribution is -0.0343. The molecule has 1 aliphatic rings. The summed E-state index contributed by atoms with van der Waals surface area (Å²) >= 11 is 0. The normalized spacial score (nSPS) is 17.5. The first-order valence-corrected chi connectivity index (χ1v) is 10.3. The monoisotopic (exact) mass is 399 g/mol. The fourth-order valence-corrected chi connectivity index (χ4v) is 4.28. The minimum absolute atomic E-state index is 0.0774. The highest BCUT2D eigenvalue weighted by atomic mass is 16.5. The van der Waals surface area contributed by atoms with E-state index in [4.69, 9.17) is 4.74 Å². The zero-order valence-corrected chi connectivity index (χ0v) is 17.3. The molecule has 1 unspecified atom stereocenters. The lowest BCUT2D eigenvalue weighted by atomic mass is 10.1. The molecule has 6 nitrogen and oxygen atoms in total. The van der Waals surface area contributed by atoms with Crippen LogP contribution in [0.4, 0.5) is 0 Å². The number of ether oxygens (including phenoxy) is 1. The van der Waals surface area contributed by atoms with Crippen molar-refractivity contribution in [1.82, 2.24) is 24.7 Å². The molecule has 4 heterocycles. The fourth-order valence-electron chi connectivity index (χ4n) is 4.28. The van der Waals surface area contributed by atoms with Crippen LogP contribution in [0.15, 0.2) is 61.1 Å². The molecular formula is C24H25N5O. The summed E-state index contributed by atoms with van der Waals surface area (Å²) in [5.41, 5.74) is 7.98. The SMILES string of the molecule is Cc1cc(C)cc(CN2CCOC(c3nnn4cc(-c5cccnc5)ccc34)C2)c1. The van der Waals surface area contributed by atoms with Crippen LogP contribution in [0, 0.1) is 13.8 Å². The van der Waals surface area contributed by atoms with Crippen molar-refractivity contribution < 1.29 is 4.74 Å². The van der Waals surface area contributed by atoms with Crippen LogP contribution >= 0.6 is 0 Å². The van der Waals surface area contributed by atoms with Gasteiger partial charge >= 0.3 is 0 Å². The van der Waals surface area contributed by atoms with Gasteiger partial charge < -0.3 is 4.74 Å². The zero-order chi connectivity index (χ0) is 20.5. The standard InChI is InChI=1S/C24H25N5O/c1-17-10-18(2)12-19(11-17)14-28-8-9-30-23(16-28)24-22-6-5-21(15-29(22)27-26-24)20-4-3-7-25-13-20/h3-7,10-13,15,23H,8-9,14,16H2,1-2H3. The van der Waals surface area contributed by atoms with Gasteiger partial charge in [0.25, 0.3) is 0 Å². The van der Waals surface area contributed by atoms with Crippen molar-refractivity contribution in [2.75, 3.05) is 19.7 Å². The number of rotatable bonds is 4. The molecular weight excluding hydrogens is 374 g/mol. The predicted molar refractivity (Wildman–Crippen MR) is 116 cm³/mol. The van der Waals surface area contributed by atoms with Crippen LogP contribution in [0.3, 0.4) is 0 Å². The number of fused-ring (bicyclic) bond motifs is 1. The number of aryl methyl sites for hydroxylation is 2. The van der Waals surface area contributed by atoms with Crippen molar-refractivity contribution in [2.24, 2.45) is 0 Å². The Hall–Kier alpha value is -3.09. The first-order valence-electron chi connectivity index (χ1n) is 10.3. The second kappa shape index (κ2) is 7.97. The van der Waals surface area contributed by atoms with Crippen LogP contribution in [0.2, 0.25) is 0 Å². The summed E-state index contributed by atoms with van der Waals surface area (Å²) in [5.74, 6) is 0. The van der Waals surface area contributed by atoms with Gasteiger partial charge in [-0.25, -0.2) is 4.52 Å². The van der Waals surface area contributed by atoms with E-state index in [9.17, 15) is 0 Å². The Labute approximate surface area is 176 Å². The van der Waals surface area contributed by atoms with Crippen LogP contribution in [0.25, 0.3) is 16.6 Å². The van der Waals surface area contributed by atoms with Gasteiger partial charge in [0, 0.05) is 49.4 Å². The van der Waals surface area contributed by atoms with Gasteiger partial charge in [0.1, 0.15) is 11.8 Å². The highest BCUT2D eigenvalue weighted by molar-refractivity contribution is 5.65. The van der Waals surface area contributed by atoms with Crippen LogP contribution in [-0.2, 0) is 11.3 Å². The van der Waals surface area contributed by atoms with Crippen LogP contribution in [-0.4, -0.2) is 44.4 Å². The summed E-state index contributed by atoms with van der Waals surface area (Å²) in [7, 11) is 0. The first-order chi connectivity index (χ1) is 14.7. The molecule has 0 radical (unpaired) electrons. The van der Waals surface area contributed by atoms with Gasteiger partial charge in [0.05, 0.1) is 12.1 Å². The molecule has 0 aliphatic carbocycles. The van der Waals surface area contributed by atoms with E-state index in [1.807, 2.05) is 29.0 Å². The smallest absolute Gasteiger partial charge is 0.121 e. The maximum Gasteiger partial charge on any atom is 0.121 e. The van der Waals surface area contributed by atoms with E-state index in [1.165, 1.54) is 16.7 Å². The zero-order valence-electron chi connectivity index (χ0n) is 17.3. The third-order valence-electron chi connectivity index (χ3n) is 5.58. The van der Waals surface area contributed by atoms with Gasteiger partial charge in [-0.3, -0.25) is 9.88 Å². The highest BCUT2D eigenvalue weighted by Crippen LogP contribution is 2.27. The average molecular weight is 399 g/mol. The van der Waals surface area contributed by atoms with Crippen molar-refractivity contribution in [3.8, 4) is 11.1 Å². The summed E-state index contributed by atoms with van der Waals surface area (Å²) in [6.45, 7) is 7.66. The van der Waals surface area contributed by atoms with Gasteiger partial charge in [-0.2, -0.15) is 0 Å². The van der Waals surface area contributed by atoms with E-state index in [1.54, 1.807) is 6.20 Å². The van der Waals surface area contributed by atoms with Gasteiger partial charge in [0.2, 0.25) is 0 Å². The van der Waals surface area contributed by atoms with E-state index >= 15 is 0 Å². The van der Waals surface area contributed by atoms with E-state index in [-0.39, 0.29) is 6.10 Å². The Morgan fingerprint density at radius 1 is 1.07 bits per heavy atom. The molecule has 1 aliphatic heterocycles. The summed E-state index contributed by atoms with van der Waals surface area (Å²) in [5, 5.41) is 8.83. The predicted octanol–water partition coefficient (Wildman–Crippen LogP) is 3.98. The summed E-state index contributed by atoms with van der Waals surface area (Å²) in [6.07, 6.45) is 5.55. The number of aromatic nitrogens is 4. The van der Waals surface area contributed by atoms with E-state index < -0.39 is 0 Å². The van der Waals surface area contributed by atoms with E-state index in [0.29, 0.717) is 6.61 Å². The van der Waals surface area contributed by atoms with E-state index in [2.05, 4.69) is 64.4 Å². The molecule has 1 aromatic carbocycles. The molecule has 3 aromatic heterocycles. The maximum absolute atomic E-state index is 6.09. The molecule has 30 heavy (non-hydrogen) atoms. The molecule has 152 valence electrons. The van der Waals surface area contributed by atoms with Crippen molar-refractivity contribution in [1.29, 1.82) is 0 Å². The molecule has 1 fully saturated rings. The Bertz CT molecular complexity index is 1150. The quantitative estimate of drug-likeness (QED) is 0.520. The number of morpholine rings is 1. The molecule has 1 atom stereocenters. The number of hydrogen-bond acceptors (Lipinski definition) is 5. The molecule has 0 bridgehead atoms. The van der Waals surface area contributed by atoms with Crippen LogP contribution in [0.1, 0.15) is 28.5 Å². The van der Waals surface area contributed by atoms with E-state index in [0.717, 1.165) is 42.0 Å². The Morgan fingerprint density at radius 3 is 2.73 bits per heavy atom. The van der Waals surface area contributed by atoms with Crippen LogP contribution in [0.5, 0.6) is 0 Å². The lowest BCUT2D eigenvalue weighted by Gasteiger charge is -2.32. The maximum atomic E-state index is 6.09. The van der Waals surface area contributed by atoms with Gasteiger partial charge in [-0.1, -0.05) is 46.7 Å². The minimum Gasteiger partial charge on any atom is -0.369 e. The fraction of sp³-hybridized carbons (Fsp3) is 0.292. The number of benzene rings is 1. The summed E-state index contributed by atoms with van der Waals surface area (Å²) < 4.78 is 7.93. The first kappa shape index (κ1) is 18.9. The third-order valence-corrected chi connectivity index (χ3v) is 5.58. The van der Waals surface area contributed by atoms with Gasteiger partial charge in [0.15, 0.2) is 0 Å². The third kappa shape index (κ3) is 3.84. The average Bonchev–Trinajstić information content (AvgIpc) is 3.17. The number of nitrogens with zero attached hydrogens (tertiary/aromatic N) is 5. The Morgan fingerprint density at radius 2 is 1.93 bits per heavy atom. The van der Waals surface area contributed by atoms with Crippen molar-refractivity contribution in [2.45, 2.75) is 26.5 Å². The Kier molecular flexibility index (Phi) is 5.02. The molecule has 5 rings (SSSR count). The van der Waals surface area contributed by atoms with Gasteiger partial charge in [-0.05, 0) is 31.5 Å². The number of pyridine rings is 2. The second-order valence-electron chi connectivity index (χ2n) is 8.05. The molecule has 1 saturated heterocycles. The molecule has 0 spiro atoms. The summed E-state index contributed by atoms with van der Waals surface area (Å²) in [4.78, 5) is 6.64. The van der Waals surface area contributed by atoms with Crippen molar-refractivity contribution in [3.05, 3.63) is 83.4 Å². The summed E-state index contributed by atoms with van der Waals surface area (Å²) in [6, 6.07) is 14.9. The van der Waals surface area contributed by atoms with Gasteiger partial charge in [-0.15, -0.1) is 5.10 Å². The largest absolute Gasteiger partial charge is 0.369 e. The topological polar surface area (TPSA) is 55.5 Å². The minimum atomic E-state index is -0.0774. The highest BCUT2D eigenvalue weighted by Gasteiger charge is 2.26. The number of hydrogen-bond donors (Lipinski definition) is 0. The Balaban J connectivity index is 1.37. The molecule has 0 saturated carbocycles. The molecule has 6 heteroatoms. The lowest BCUT2D eigenvalue weighted by Crippen LogP contribution is -2.38.